The molecule has 0 aliphatic heterocycles. The maximum atomic E-state index is 11.7. The molecule has 0 bridgehead atoms. The number of aromatic nitrogens is 1. The Kier molecular flexibility index (Phi) is 3.20. The molecule has 0 aliphatic carbocycles. The second kappa shape index (κ2) is 4.80. The van der Waals surface area contributed by atoms with Crippen LogP contribution in [-0.4, -0.2) is 19.2 Å². The summed E-state index contributed by atoms with van der Waals surface area (Å²) in [6.07, 6.45) is 0.0830. The van der Waals surface area contributed by atoms with Gasteiger partial charge in [-0.15, -0.1) is 0 Å². The van der Waals surface area contributed by atoms with Crippen molar-refractivity contribution < 1.29 is 9.47 Å². The van der Waals surface area contributed by atoms with Crippen LogP contribution in [0.2, 0.25) is 0 Å². The summed E-state index contributed by atoms with van der Waals surface area (Å²) in [6, 6.07) is 7.13. The van der Waals surface area contributed by atoms with Crippen LogP contribution in [0.25, 0.3) is 10.9 Å². The van der Waals surface area contributed by atoms with E-state index in [1.807, 2.05) is 6.07 Å². The number of fused-ring (bicyclic) bond motifs is 1. The zero-order chi connectivity index (χ0) is 13.1. The summed E-state index contributed by atoms with van der Waals surface area (Å²) in [4.78, 5) is 14.4. The monoisotopic (exact) mass is 244 g/mol. The van der Waals surface area contributed by atoms with E-state index in [4.69, 9.17) is 14.7 Å². The van der Waals surface area contributed by atoms with Gasteiger partial charge in [0.15, 0.2) is 11.5 Å². The molecule has 0 aliphatic rings. The van der Waals surface area contributed by atoms with Crippen molar-refractivity contribution in [1.29, 1.82) is 5.26 Å². The minimum atomic E-state index is -0.253. The predicted octanol–water partition coefficient (Wildman–Crippen LogP) is 1.61. The third-order valence-corrected chi connectivity index (χ3v) is 2.69. The average molecular weight is 244 g/mol. The number of rotatable bonds is 3. The largest absolute Gasteiger partial charge is 0.493 e. The van der Waals surface area contributed by atoms with Gasteiger partial charge in [-0.25, -0.2) is 0 Å². The van der Waals surface area contributed by atoms with E-state index in [0.29, 0.717) is 22.6 Å². The molecule has 0 fully saturated rings. The highest BCUT2D eigenvalue weighted by Gasteiger charge is 2.08. The standard InChI is InChI=1S/C13H12N2O3/c1-17-11-6-9-5-8(3-4-14)13(16)15-10(9)7-12(11)18-2/h5-7H,3H2,1-2H3,(H,15,16). The van der Waals surface area contributed by atoms with Gasteiger partial charge in [-0.2, -0.15) is 5.26 Å². The van der Waals surface area contributed by atoms with E-state index in [-0.39, 0.29) is 12.0 Å². The van der Waals surface area contributed by atoms with E-state index in [2.05, 4.69) is 4.98 Å². The Labute approximate surface area is 104 Å². The second-order valence-corrected chi connectivity index (χ2v) is 3.75. The summed E-state index contributed by atoms with van der Waals surface area (Å²) < 4.78 is 10.4. The van der Waals surface area contributed by atoms with Crippen molar-refractivity contribution in [1.82, 2.24) is 4.98 Å². The minimum Gasteiger partial charge on any atom is -0.493 e. The summed E-state index contributed by atoms with van der Waals surface area (Å²) in [5.41, 5.74) is 0.841. The maximum absolute atomic E-state index is 11.7. The molecule has 2 rings (SSSR count). The van der Waals surface area contributed by atoms with Gasteiger partial charge in [0, 0.05) is 17.0 Å². The first-order valence-electron chi connectivity index (χ1n) is 5.34. The number of aromatic amines is 1. The molecular formula is C13H12N2O3. The molecule has 0 unspecified atom stereocenters. The van der Waals surface area contributed by atoms with Crippen LogP contribution in [0.1, 0.15) is 5.56 Å². The molecule has 5 nitrogen and oxygen atoms in total. The Morgan fingerprint density at radius 3 is 2.50 bits per heavy atom. The van der Waals surface area contributed by atoms with Crippen LogP contribution in [-0.2, 0) is 6.42 Å². The summed E-state index contributed by atoms with van der Waals surface area (Å²) in [7, 11) is 3.08. The van der Waals surface area contributed by atoms with Crippen LogP contribution in [0, 0.1) is 11.3 Å². The maximum Gasteiger partial charge on any atom is 0.252 e. The van der Waals surface area contributed by atoms with Crippen LogP contribution in [0.5, 0.6) is 11.5 Å². The van der Waals surface area contributed by atoms with E-state index < -0.39 is 0 Å². The molecule has 0 saturated carbocycles. The van der Waals surface area contributed by atoms with Crippen molar-refractivity contribution in [3.63, 3.8) is 0 Å². The van der Waals surface area contributed by atoms with Gasteiger partial charge in [-0.05, 0) is 12.1 Å². The zero-order valence-corrected chi connectivity index (χ0v) is 10.1. The molecular weight excluding hydrogens is 232 g/mol. The van der Waals surface area contributed by atoms with Crippen molar-refractivity contribution in [3.8, 4) is 17.6 Å². The molecule has 18 heavy (non-hydrogen) atoms. The molecule has 0 atom stereocenters. The molecule has 0 saturated heterocycles. The Hall–Kier alpha value is -2.48. The third kappa shape index (κ3) is 2.00. The molecule has 0 spiro atoms. The number of H-pyrrole nitrogens is 1. The van der Waals surface area contributed by atoms with E-state index in [1.54, 1.807) is 25.3 Å². The van der Waals surface area contributed by atoms with Gasteiger partial charge in [-0.1, -0.05) is 0 Å². The first-order valence-corrected chi connectivity index (χ1v) is 5.34. The molecule has 1 aromatic heterocycles. The highest BCUT2D eigenvalue weighted by molar-refractivity contribution is 5.83. The van der Waals surface area contributed by atoms with Crippen molar-refractivity contribution in [2.75, 3.05) is 14.2 Å². The molecule has 0 amide bonds. The quantitative estimate of drug-likeness (QED) is 0.890. The number of hydrogen-bond acceptors (Lipinski definition) is 4. The summed E-state index contributed by atoms with van der Waals surface area (Å²) in [5, 5.41) is 9.45. The number of ether oxygens (including phenoxy) is 2. The van der Waals surface area contributed by atoms with E-state index in [0.717, 1.165) is 5.39 Å². The van der Waals surface area contributed by atoms with Crippen LogP contribution < -0.4 is 15.0 Å². The highest BCUT2D eigenvalue weighted by Crippen LogP contribution is 2.30. The molecule has 0 radical (unpaired) electrons. The van der Waals surface area contributed by atoms with Gasteiger partial charge in [0.2, 0.25) is 0 Å². The van der Waals surface area contributed by atoms with Crippen LogP contribution in [0.3, 0.4) is 0 Å². The Morgan fingerprint density at radius 1 is 1.22 bits per heavy atom. The lowest BCUT2D eigenvalue weighted by Crippen LogP contribution is -2.11. The van der Waals surface area contributed by atoms with Crippen molar-refractivity contribution >= 4 is 10.9 Å². The molecule has 5 heteroatoms. The highest BCUT2D eigenvalue weighted by atomic mass is 16.5. The number of methoxy groups -OCH3 is 2. The predicted molar refractivity (Wildman–Crippen MR) is 67.0 cm³/mol. The van der Waals surface area contributed by atoms with Crippen LogP contribution in [0.15, 0.2) is 23.0 Å². The molecule has 1 aromatic carbocycles. The second-order valence-electron chi connectivity index (χ2n) is 3.75. The van der Waals surface area contributed by atoms with Crippen molar-refractivity contribution in [2.24, 2.45) is 0 Å². The fourth-order valence-corrected chi connectivity index (χ4v) is 1.79. The zero-order valence-electron chi connectivity index (χ0n) is 10.1. The van der Waals surface area contributed by atoms with E-state index in [9.17, 15) is 4.79 Å². The van der Waals surface area contributed by atoms with Crippen molar-refractivity contribution in [3.05, 3.63) is 34.1 Å². The van der Waals surface area contributed by atoms with E-state index >= 15 is 0 Å². The van der Waals surface area contributed by atoms with Crippen LogP contribution in [0.4, 0.5) is 0 Å². The van der Waals surface area contributed by atoms with Gasteiger partial charge in [0.05, 0.1) is 32.2 Å². The number of nitriles is 1. The summed E-state index contributed by atoms with van der Waals surface area (Å²) in [5.74, 6) is 1.13. The smallest absolute Gasteiger partial charge is 0.252 e. The number of hydrogen-bond donors (Lipinski definition) is 1. The fourth-order valence-electron chi connectivity index (χ4n) is 1.79. The van der Waals surface area contributed by atoms with Crippen molar-refractivity contribution in [2.45, 2.75) is 6.42 Å². The Morgan fingerprint density at radius 2 is 1.89 bits per heavy atom. The lowest BCUT2D eigenvalue weighted by Gasteiger charge is -2.09. The topological polar surface area (TPSA) is 75.1 Å². The Bertz CT molecular complexity index is 683. The SMILES string of the molecule is COc1cc2cc(CC#N)c(=O)[nH]c2cc1OC. The first kappa shape index (κ1) is 12.0. The van der Waals surface area contributed by atoms with Gasteiger partial charge >= 0.3 is 0 Å². The normalized spacial score (nSPS) is 10.1. The van der Waals surface area contributed by atoms with E-state index in [1.165, 1.54) is 7.11 Å². The van der Waals surface area contributed by atoms with Gasteiger partial charge in [0.1, 0.15) is 0 Å². The minimum absolute atomic E-state index is 0.0830. The summed E-state index contributed by atoms with van der Waals surface area (Å²) >= 11 is 0. The number of pyridine rings is 1. The first-order chi connectivity index (χ1) is 8.69. The number of nitrogens with one attached hydrogen (secondary N) is 1. The summed E-state index contributed by atoms with van der Waals surface area (Å²) in [6.45, 7) is 0. The molecule has 1 heterocycles. The third-order valence-electron chi connectivity index (χ3n) is 2.69. The lowest BCUT2D eigenvalue weighted by atomic mass is 10.1. The van der Waals surface area contributed by atoms with Gasteiger partial charge < -0.3 is 14.5 Å². The number of benzene rings is 1. The molecule has 2 aromatic rings. The average Bonchev–Trinajstić information content (AvgIpc) is 2.38. The van der Waals surface area contributed by atoms with Gasteiger partial charge in [0.25, 0.3) is 5.56 Å². The fraction of sp³-hybridized carbons (Fsp3) is 0.231. The Balaban J connectivity index is 2.70. The van der Waals surface area contributed by atoms with Gasteiger partial charge in [-0.3, -0.25) is 4.79 Å². The van der Waals surface area contributed by atoms with Crippen LogP contribution >= 0.6 is 0 Å². The lowest BCUT2D eigenvalue weighted by molar-refractivity contribution is 0.356. The number of nitrogens with zero attached hydrogens (tertiary/aromatic N) is 1. The molecule has 1 N–H and O–H groups in total. The molecule has 92 valence electrons.